The van der Waals surface area contributed by atoms with Gasteiger partial charge in [-0.05, 0) is 25.3 Å². The summed E-state index contributed by atoms with van der Waals surface area (Å²) >= 11 is 1.79. The minimum absolute atomic E-state index is 1.04. The highest BCUT2D eigenvalue weighted by Crippen LogP contribution is 2.23. The summed E-state index contributed by atoms with van der Waals surface area (Å²) in [6.07, 6.45) is 2.11. The van der Waals surface area contributed by atoms with Crippen LogP contribution in [0.5, 0.6) is 0 Å². The quantitative estimate of drug-likeness (QED) is 0.666. The van der Waals surface area contributed by atoms with Gasteiger partial charge in [0.25, 0.3) is 0 Å². The van der Waals surface area contributed by atoms with Crippen molar-refractivity contribution in [2.24, 2.45) is 0 Å². The average Bonchev–Trinajstić information content (AvgIpc) is 2.46. The summed E-state index contributed by atoms with van der Waals surface area (Å²) in [7, 11) is 4.15. The molecule has 0 N–H and O–H groups in total. The Bertz CT molecular complexity index is 253. The lowest BCUT2D eigenvalue weighted by atomic mass is 10.6. The summed E-state index contributed by atoms with van der Waals surface area (Å²) < 4.78 is 2.31. The summed E-state index contributed by atoms with van der Waals surface area (Å²) in [5.41, 5.74) is 0. The highest BCUT2D eigenvalue weighted by atomic mass is 32.2. The zero-order chi connectivity index (χ0) is 9.14. The van der Waals surface area contributed by atoms with Crippen LogP contribution in [0.25, 0.3) is 0 Å². The Kier molecular flexibility index (Phi) is 3.09. The van der Waals surface area contributed by atoms with Gasteiger partial charge in [-0.15, -0.1) is 11.8 Å². The molecule has 68 valence electrons. The number of nitrogens with zero attached hydrogens (tertiary/aromatic N) is 2. The van der Waals surface area contributed by atoms with Crippen LogP contribution >= 0.6 is 11.8 Å². The largest absolute Gasteiger partial charge is 0.364 e. The first-order chi connectivity index (χ1) is 5.70. The molecule has 0 fully saturated rings. The van der Waals surface area contributed by atoms with Crippen LogP contribution < -0.4 is 4.90 Å². The lowest BCUT2D eigenvalue weighted by Gasteiger charge is -2.16. The summed E-state index contributed by atoms with van der Waals surface area (Å²) in [4.78, 5) is 2.14. The maximum Gasteiger partial charge on any atom is 0.108 e. The molecule has 12 heavy (non-hydrogen) atoms. The van der Waals surface area contributed by atoms with Crippen molar-refractivity contribution in [2.45, 2.75) is 18.5 Å². The minimum Gasteiger partial charge on any atom is -0.364 e. The van der Waals surface area contributed by atoms with Crippen molar-refractivity contribution >= 4 is 17.6 Å². The maximum atomic E-state index is 2.31. The van der Waals surface area contributed by atoms with E-state index in [2.05, 4.69) is 48.9 Å². The van der Waals surface area contributed by atoms with Crippen LogP contribution in [0.4, 0.5) is 5.82 Å². The first kappa shape index (κ1) is 9.52. The van der Waals surface area contributed by atoms with Gasteiger partial charge in [0.1, 0.15) is 5.82 Å². The molecule has 2 nitrogen and oxygen atoms in total. The predicted molar refractivity (Wildman–Crippen MR) is 56.2 cm³/mol. The second-order valence-electron chi connectivity index (χ2n) is 2.87. The molecule has 0 amide bonds. The third kappa shape index (κ3) is 1.61. The van der Waals surface area contributed by atoms with Gasteiger partial charge in [0, 0.05) is 20.6 Å². The monoisotopic (exact) mass is 184 g/mol. The summed E-state index contributed by atoms with van der Waals surface area (Å²) in [6, 6.07) is 4.33. The smallest absolute Gasteiger partial charge is 0.108 e. The Labute approximate surface area is 78.6 Å². The van der Waals surface area contributed by atoms with E-state index in [1.54, 1.807) is 11.8 Å². The van der Waals surface area contributed by atoms with Crippen molar-refractivity contribution in [3.8, 4) is 0 Å². The van der Waals surface area contributed by atoms with Crippen LogP contribution in [0, 0.1) is 0 Å². The van der Waals surface area contributed by atoms with E-state index in [0.717, 1.165) is 6.54 Å². The first-order valence-electron chi connectivity index (χ1n) is 4.11. The van der Waals surface area contributed by atoms with Gasteiger partial charge >= 0.3 is 0 Å². The Morgan fingerprint density at radius 1 is 1.42 bits per heavy atom. The summed E-state index contributed by atoms with van der Waals surface area (Å²) in [5, 5.41) is 1.33. The van der Waals surface area contributed by atoms with Crippen LogP contribution in [0.1, 0.15) is 6.92 Å². The number of hydrogen-bond donors (Lipinski definition) is 0. The fourth-order valence-electron chi connectivity index (χ4n) is 1.33. The number of hydrogen-bond acceptors (Lipinski definition) is 2. The Hall–Kier alpha value is -0.570. The molecule has 0 aliphatic rings. The van der Waals surface area contributed by atoms with E-state index in [4.69, 9.17) is 0 Å². The van der Waals surface area contributed by atoms with Crippen LogP contribution in [0.2, 0.25) is 0 Å². The van der Waals surface area contributed by atoms with Gasteiger partial charge in [-0.2, -0.15) is 0 Å². The number of rotatable bonds is 3. The Morgan fingerprint density at radius 3 is 2.50 bits per heavy atom. The van der Waals surface area contributed by atoms with Crippen molar-refractivity contribution in [1.29, 1.82) is 0 Å². The second kappa shape index (κ2) is 3.90. The van der Waals surface area contributed by atoms with Crippen LogP contribution in [0.15, 0.2) is 17.2 Å². The zero-order valence-electron chi connectivity index (χ0n) is 8.16. The molecule has 0 atom stereocenters. The van der Waals surface area contributed by atoms with Gasteiger partial charge in [0.05, 0.1) is 5.03 Å². The molecule has 3 heteroatoms. The average molecular weight is 184 g/mol. The van der Waals surface area contributed by atoms with Crippen LogP contribution in [0.3, 0.4) is 0 Å². The topological polar surface area (TPSA) is 8.17 Å². The predicted octanol–water partition coefficient (Wildman–Crippen LogP) is 2.30. The lowest BCUT2D eigenvalue weighted by molar-refractivity contribution is 0.696. The molecule has 0 radical (unpaired) electrons. The normalized spacial score (nSPS) is 10.3. The Morgan fingerprint density at radius 2 is 2.08 bits per heavy atom. The fourth-order valence-corrected chi connectivity index (χ4v) is 1.97. The molecule has 1 heterocycles. The van der Waals surface area contributed by atoms with Gasteiger partial charge in [-0.1, -0.05) is 0 Å². The lowest BCUT2D eigenvalue weighted by Crippen LogP contribution is -2.14. The van der Waals surface area contributed by atoms with E-state index >= 15 is 0 Å². The molecule has 0 aliphatic carbocycles. The van der Waals surface area contributed by atoms with Crippen molar-refractivity contribution in [3.05, 3.63) is 12.1 Å². The third-order valence-electron chi connectivity index (χ3n) is 1.90. The highest BCUT2D eigenvalue weighted by Gasteiger charge is 2.06. The molecule has 0 unspecified atom stereocenters. The van der Waals surface area contributed by atoms with Crippen molar-refractivity contribution in [3.63, 3.8) is 0 Å². The first-order valence-corrected chi connectivity index (χ1v) is 5.34. The molecular weight excluding hydrogens is 168 g/mol. The molecule has 0 bridgehead atoms. The van der Waals surface area contributed by atoms with Gasteiger partial charge in [-0.25, -0.2) is 0 Å². The van der Waals surface area contributed by atoms with E-state index in [1.807, 2.05) is 0 Å². The molecule has 0 spiro atoms. The SMILES string of the molecule is CCn1c(SC)ccc1N(C)C. The van der Waals surface area contributed by atoms with E-state index in [9.17, 15) is 0 Å². The van der Waals surface area contributed by atoms with Crippen LogP contribution in [-0.4, -0.2) is 24.9 Å². The van der Waals surface area contributed by atoms with Crippen LogP contribution in [-0.2, 0) is 6.54 Å². The van der Waals surface area contributed by atoms with E-state index in [0.29, 0.717) is 0 Å². The van der Waals surface area contributed by atoms with Crippen molar-refractivity contribution in [2.75, 3.05) is 25.3 Å². The number of anilines is 1. The van der Waals surface area contributed by atoms with Gasteiger partial charge in [0.15, 0.2) is 0 Å². The molecule has 1 aromatic rings. The molecule has 0 saturated heterocycles. The van der Waals surface area contributed by atoms with E-state index in [1.165, 1.54) is 10.8 Å². The molecule has 0 saturated carbocycles. The van der Waals surface area contributed by atoms with E-state index < -0.39 is 0 Å². The second-order valence-corrected chi connectivity index (χ2v) is 3.70. The maximum absolute atomic E-state index is 2.31. The molecule has 1 aromatic heterocycles. The van der Waals surface area contributed by atoms with Gasteiger partial charge in [0.2, 0.25) is 0 Å². The zero-order valence-corrected chi connectivity index (χ0v) is 8.98. The van der Waals surface area contributed by atoms with Crippen molar-refractivity contribution < 1.29 is 0 Å². The fraction of sp³-hybridized carbons (Fsp3) is 0.556. The van der Waals surface area contributed by atoms with E-state index in [-0.39, 0.29) is 0 Å². The number of thioether (sulfide) groups is 1. The molecule has 0 aromatic carbocycles. The Balaban J connectivity index is 3.05. The van der Waals surface area contributed by atoms with Gasteiger partial charge in [-0.3, -0.25) is 0 Å². The molecule has 1 rings (SSSR count). The summed E-state index contributed by atoms with van der Waals surface area (Å²) in [6.45, 7) is 3.21. The van der Waals surface area contributed by atoms with Gasteiger partial charge < -0.3 is 9.47 Å². The minimum atomic E-state index is 1.04. The summed E-state index contributed by atoms with van der Waals surface area (Å²) in [5.74, 6) is 1.28. The highest BCUT2D eigenvalue weighted by molar-refractivity contribution is 7.98. The third-order valence-corrected chi connectivity index (χ3v) is 2.68. The number of aromatic nitrogens is 1. The van der Waals surface area contributed by atoms with Crippen molar-refractivity contribution in [1.82, 2.24) is 4.57 Å². The standard InChI is InChI=1S/C9H16N2S/c1-5-11-8(10(2)3)6-7-9(11)12-4/h6-7H,5H2,1-4H3. The molecule has 0 aliphatic heterocycles. The molecular formula is C9H16N2S.